The number of anilines is 1. The molecule has 0 radical (unpaired) electrons. The Morgan fingerprint density at radius 2 is 1.88 bits per heavy atom. The van der Waals surface area contributed by atoms with Gasteiger partial charge in [-0.3, -0.25) is 4.79 Å². The molecule has 0 bridgehead atoms. The largest absolute Gasteiger partial charge is 0.371 e. The molecule has 1 N–H and O–H groups in total. The van der Waals surface area contributed by atoms with Crippen LogP contribution in [0.25, 0.3) is 0 Å². The van der Waals surface area contributed by atoms with E-state index in [0.29, 0.717) is 6.54 Å². The predicted molar refractivity (Wildman–Crippen MR) is 99.1 cm³/mol. The van der Waals surface area contributed by atoms with Crippen LogP contribution in [0.15, 0.2) is 24.3 Å². The minimum Gasteiger partial charge on any atom is -0.371 e. The highest BCUT2D eigenvalue weighted by molar-refractivity contribution is 5.79. The Kier molecular flexibility index (Phi) is 5.77. The fourth-order valence-electron chi connectivity index (χ4n) is 3.96. The highest BCUT2D eigenvalue weighted by Gasteiger charge is 2.23. The molecule has 0 unspecified atom stereocenters. The van der Waals surface area contributed by atoms with Crippen LogP contribution >= 0.6 is 0 Å². The first-order valence-electron chi connectivity index (χ1n) is 9.42. The number of nitrogens with one attached hydrogen (secondary N) is 1. The van der Waals surface area contributed by atoms with Crippen molar-refractivity contribution in [3.63, 3.8) is 0 Å². The van der Waals surface area contributed by atoms with E-state index < -0.39 is 0 Å². The number of amides is 1. The molecular formula is C20H31N3O. The normalized spacial score (nSPS) is 25.5. The van der Waals surface area contributed by atoms with Gasteiger partial charge in [0, 0.05) is 31.9 Å². The molecule has 2 aliphatic rings. The second-order valence-corrected chi connectivity index (χ2v) is 7.68. The molecule has 1 aromatic rings. The molecule has 0 saturated carbocycles. The van der Waals surface area contributed by atoms with E-state index in [0.717, 1.165) is 44.9 Å². The summed E-state index contributed by atoms with van der Waals surface area (Å²) in [7, 11) is 2.10. The summed E-state index contributed by atoms with van der Waals surface area (Å²) >= 11 is 0. The van der Waals surface area contributed by atoms with Crippen molar-refractivity contribution in [1.29, 1.82) is 0 Å². The first kappa shape index (κ1) is 17.3. The molecule has 2 atom stereocenters. The van der Waals surface area contributed by atoms with Crippen LogP contribution in [-0.2, 0) is 11.3 Å². The molecule has 1 aromatic carbocycles. The van der Waals surface area contributed by atoms with Crippen LogP contribution in [0, 0.1) is 11.8 Å². The maximum Gasteiger partial charge on any atom is 0.224 e. The first-order valence-corrected chi connectivity index (χ1v) is 9.42. The summed E-state index contributed by atoms with van der Waals surface area (Å²) in [6, 6.07) is 8.71. The average Bonchev–Trinajstić information content (AvgIpc) is 2.60. The number of likely N-dealkylation sites (tertiary alicyclic amines) is 1. The number of rotatable bonds is 4. The summed E-state index contributed by atoms with van der Waals surface area (Å²) in [5.41, 5.74) is 2.49. The lowest BCUT2D eigenvalue weighted by molar-refractivity contribution is -0.126. The summed E-state index contributed by atoms with van der Waals surface area (Å²) in [6.07, 6.45) is 4.77. The SMILES string of the molecule is C[C@@H]1CCCN(c2ccc(CNC(=O)[C@@H]3CCCN(C)C3)cc2)C1. The van der Waals surface area contributed by atoms with Gasteiger partial charge in [0.25, 0.3) is 0 Å². The van der Waals surface area contributed by atoms with Gasteiger partial charge in [0.15, 0.2) is 0 Å². The van der Waals surface area contributed by atoms with Gasteiger partial charge in [-0.2, -0.15) is 0 Å². The highest BCUT2D eigenvalue weighted by Crippen LogP contribution is 2.23. The van der Waals surface area contributed by atoms with E-state index in [1.807, 2.05) is 0 Å². The third-order valence-corrected chi connectivity index (χ3v) is 5.42. The van der Waals surface area contributed by atoms with Crippen LogP contribution < -0.4 is 10.2 Å². The van der Waals surface area contributed by atoms with Gasteiger partial charge in [-0.15, -0.1) is 0 Å². The Morgan fingerprint density at radius 3 is 2.58 bits per heavy atom. The fourth-order valence-corrected chi connectivity index (χ4v) is 3.96. The van der Waals surface area contributed by atoms with Crippen molar-refractivity contribution in [1.82, 2.24) is 10.2 Å². The van der Waals surface area contributed by atoms with E-state index in [1.165, 1.54) is 24.1 Å². The molecule has 1 amide bonds. The summed E-state index contributed by atoms with van der Waals surface area (Å²) in [5, 5.41) is 3.12. The number of hydrogen-bond acceptors (Lipinski definition) is 3. The standard InChI is InChI=1S/C20H31N3O/c1-16-5-3-12-23(14-16)19-9-7-17(8-10-19)13-21-20(24)18-6-4-11-22(2)15-18/h7-10,16,18H,3-6,11-15H2,1-2H3,(H,21,24)/t16-,18-/m1/s1. The van der Waals surface area contributed by atoms with E-state index in [9.17, 15) is 4.79 Å². The van der Waals surface area contributed by atoms with Gasteiger partial charge in [-0.1, -0.05) is 19.1 Å². The van der Waals surface area contributed by atoms with Crippen molar-refractivity contribution < 1.29 is 4.79 Å². The second-order valence-electron chi connectivity index (χ2n) is 7.68. The number of nitrogens with zero attached hydrogens (tertiary/aromatic N) is 2. The minimum absolute atomic E-state index is 0.151. The van der Waals surface area contributed by atoms with Crippen LogP contribution in [0.1, 0.15) is 38.2 Å². The number of carbonyl (C=O) groups excluding carboxylic acids is 1. The van der Waals surface area contributed by atoms with Gasteiger partial charge in [0.2, 0.25) is 5.91 Å². The molecule has 0 aliphatic carbocycles. The van der Waals surface area contributed by atoms with Gasteiger partial charge in [-0.05, 0) is 62.9 Å². The Balaban J connectivity index is 1.50. The molecule has 24 heavy (non-hydrogen) atoms. The minimum atomic E-state index is 0.151. The lowest BCUT2D eigenvalue weighted by Gasteiger charge is -2.32. The zero-order valence-corrected chi connectivity index (χ0v) is 15.1. The molecule has 0 spiro atoms. The van der Waals surface area contributed by atoms with Gasteiger partial charge in [0.1, 0.15) is 0 Å². The van der Waals surface area contributed by atoms with Crippen molar-refractivity contribution in [3.05, 3.63) is 29.8 Å². The number of hydrogen-bond donors (Lipinski definition) is 1. The molecular weight excluding hydrogens is 298 g/mol. The second kappa shape index (κ2) is 8.02. The Labute approximate surface area is 146 Å². The van der Waals surface area contributed by atoms with Crippen LogP contribution in [0.5, 0.6) is 0 Å². The van der Waals surface area contributed by atoms with Crippen LogP contribution in [-0.4, -0.2) is 44.0 Å². The highest BCUT2D eigenvalue weighted by atomic mass is 16.1. The maximum absolute atomic E-state index is 12.3. The van der Waals surface area contributed by atoms with Gasteiger partial charge < -0.3 is 15.1 Å². The van der Waals surface area contributed by atoms with Crippen molar-refractivity contribution >= 4 is 11.6 Å². The molecule has 4 nitrogen and oxygen atoms in total. The predicted octanol–water partition coefficient (Wildman–Crippen LogP) is 2.88. The number of benzene rings is 1. The molecule has 2 saturated heterocycles. The maximum atomic E-state index is 12.3. The van der Waals surface area contributed by atoms with Gasteiger partial charge in [0.05, 0.1) is 5.92 Å². The van der Waals surface area contributed by atoms with E-state index in [-0.39, 0.29) is 11.8 Å². The molecule has 0 aromatic heterocycles. The lowest BCUT2D eigenvalue weighted by atomic mass is 9.97. The fraction of sp³-hybridized carbons (Fsp3) is 0.650. The smallest absolute Gasteiger partial charge is 0.224 e. The quantitative estimate of drug-likeness (QED) is 0.922. The van der Waals surface area contributed by atoms with Crippen molar-refractivity contribution in [2.75, 3.05) is 38.1 Å². The molecule has 3 rings (SSSR count). The zero-order chi connectivity index (χ0) is 16.9. The molecule has 2 heterocycles. The topological polar surface area (TPSA) is 35.6 Å². The Hall–Kier alpha value is -1.55. The number of carbonyl (C=O) groups is 1. The van der Waals surface area contributed by atoms with E-state index in [1.54, 1.807) is 0 Å². The van der Waals surface area contributed by atoms with Crippen LogP contribution in [0.3, 0.4) is 0 Å². The zero-order valence-electron chi connectivity index (χ0n) is 15.1. The van der Waals surface area contributed by atoms with Gasteiger partial charge in [-0.25, -0.2) is 0 Å². The Bertz CT molecular complexity index is 542. The van der Waals surface area contributed by atoms with E-state index >= 15 is 0 Å². The summed E-state index contributed by atoms with van der Waals surface area (Å²) in [5.74, 6) is 1.14. The lowest BCUT2D eigenvalue weighted by Crippen LogP contribution is -2.41. The summed E-state index contributed by atoms with van der Waals surface area (Å²) in [4.78, 5) is 17.1. The van der Waals surface area contributed by atoms with E-state index in [4.69, 9.17) is 0 Å². The molecule has 4 heteroatoms. The van der Waals surface area contributed by atoms with Crippen molar-refractivity contribution in [3.8, 4) is 0 Å². The third kappa shape index (κ3) is 4.50. The first-order chi connectivity index (χ1) is 11.6. The summed E-state index contributed by atoms with van der Waals surface area (Å²) in [6.45, 7) is 7.29. The Morgan fingerprint density at radius 1 is 1.12 bits per heavy atom. The van der Waals surface area contributed by atoms with Crippen molar-refractivity contribution in [2.45, 2.75) is 39.2 Å². The molecule has 132 valence electrons. The third-order valence-electron chi connectivity index (χ3n) is 5.42. The van der Waals surface area contributed by atoms with Crippen molar-refractivity contribution in [2.24, 2.45) is 11.8 Å². The van der Waals surface area contributed by atoms with E-state index in [2.05, 4.69) is 53.4 Å². The molecule has 2 fully saturated rings. The van der Waals surface area contributed by atoms with Crippen LogP contribution in [0.4, 0.5) is 5.69 Å². The monoisotopic (exact) mass is 329 g/mol. The average molecular weight is 329 g/mol. The van der Waals surface area contributed by atoms with Crippen LogP contribution in [0.2, 0.25) is 0 Å². The summed E-state index contributed by atoms with van der Waals surface area (Å²) < 4.78 is 0. The van der Waals surface area contributed by atoms with Gasteiger partial charge >= 0.3 is 0 Å². The number of piperidine rings is 2. The molecule has 2 aliphatic heterocycles.